The maximum Gasteiger partial charge on any atom is 0.242 e. The van der Waals surface area contributed by atoms with Crippen LogP contribution in [0.2, 0.25) is 0 Å². The van der Waals surface area contributed by atoms with Crippen LogP contribution in [0, 0.1) is 6.92 Å². The molecule has 1 aromatic heterocycles. The Morgan fingerprint density at radius 1 is 1.48 bits per heavy atom. The molecule has 6 nitrogen and oxygen atoms in total. The Hall–Kier alpha value is -2.34. The number of hydrogen-bond acceptors (Lipinski definition) is 4. The number of nitrogens with one attached hydrogen (secondary N) is 3. The van der Waals surface area contributed by atoms with E-state index in [1.165, 1.54) is 0 Å². The molecule has 2 heterocycles. The summed E-state index contributed by atoms with van der Waals surface area (Å²) in [6.07, 6.45) is 0. The van der Waals surface area contributed by atoms with Crippen molar-refractivity contribution < 1.29 is 9.53 Å². The predicted molar refractivity (Wildman–Crippen MR) is 77.9 cm³/mol. The van der Waals surface area contributed by atoms with E-state index in [1.807, 2.05) is 37.3 Å². The first-order valence-corrected chi connectivity index (χ1v) is 6.98. The topological polar surface area (TPSA) is 79.0 Å². The number of benzene rings is 1. The Kier molecular flexibility index (Phi) is 3.87. The van der Waals surface area contributed by atoms with Gasteiger partial charge in [-0.3, -0.25) is 15.2 Å². The molecule has 0 fully saturated rings. The number of nitrogens with zero attached hydrogens (tertiary/aromatic N) is 1. The van der Waals surface area contributed by atoms with Gasteiger partial charge in [0.25, 0.3) is 0 Å². The maximum absolute atomic E-state index is 12.4. The van der Waals surface area contributed by atoms with Gasteiger partial charge in [0.1, 0.15) is 18.4 Å². The summed E-state index contributed by atoms with van der Waals surface area (Å²) in [4.78, 5) is 12.4. The fourth-order valence-corrected chi connectivity index (χ4v) is 2.40. The second kappa shape index (κ2) is 5.97. The molecule has 3 N–H and O–H groups in total. The number of H-pyrrole nitrogens is 1. The lowest BCUT2D eigenvalue weighted by atomic mass is 10.1. The van der Waals surface area contributed by atoms with Crippen molar-refractivity contribution in [1.29, 1.82) is 0 Å². The molecule has 0 aliphatic carbocycles. The first kappa shape index (κ1) is 13.6. The van der Waals surface area contributed by atoms with Gasteiger partial charge in [-0.05, 0) is 19.1 Å². The molecule has 3 rings (SSSR count). The number of aromatic amines is 1. The number of carbonyl (C=O) groups excluding carboxylic acids is 1. The summed E-state index contributed by atoms with van der Waals surface area (Å²) in [6.45, 7) is 3.52. The van der Waals surface area contributed by atoms with E-state index >= 15 is 0 Å². The number of aryl methyl sites for hydroxylation is 1. The average molecular weight is 286 g/mol. The number of hydrogen-bond donors (Lipinski definition) is 3. The Morgan fingerprint density at radius 2 is 2.33 bits per heavy atom. The van der Waals surface area contributed by atoms with Crippen molar-refractivity contribution in [3.8, 4) is 5.75 Å². The molecule has 1 aliphatic rings. The molecule has 110 valence electrons. The van der Waals surface area contributed by atoms with Crippen LogP contribution in [-0.2, 0) is 11.3 Å². The first-order chi connectivity index (χ1) is 10.2. The van der Waals surface area contributed by atoms with Crippen LogP contribution in [0.15, 0.2) is 30.3 Å². The summed E-state index contributed by atoms with van der Waals surface area (Å²) in [5, 5.41) is 13.1. The third-order valence-electron chi connectivity index (χ3n) is 3.40. The van der Waals surface area contributed by atoms with E-state index in [-0.39, 0.29) is 5.91 Å². The van der Waals surface area contributed by atoms with E-state index < -0.39 is 6.04 Å². The molecule has 21 heavy (non-hydrogen) atoms. The summed E-state index contributed by atoms with van der Waals surface area (Å²) in [6, 6.07) is 9.13. The number of rotatable bonds is 3. The molecular formula is C15H18N4O2. The van der Waals surface area contributed by atoms with Gasteiger partial charge < -0.3 is 10.1 Å². The van der Waals surface area contributed by atoms with Gasteiger partial charge in [-0.2, -0.15) is 5.10 Å². The number of ether oxygens (including phenoxy) is 1. The van der Waals surface area contributed by atoms with E-state index in [9.17, 15) is 4.79 Å². The zero-order valence-corrected chi connectivity index (χ0v) is 11.8. The van der Waals surface area contributed by atoms with Crippen molar-refractivity contribution in [3.05, 3.63) is 47.3 Å². The van der Waals surface area contributed by atoms with E-state index in [1.54, 1.807) is 0 Å². The lowest BCUT2D eigenvalue weighted by Gasteiger charge is -2.16. The molecule has 1 unspecified atom stereocenters. The molecular weight excluding hydrogens is 268 g/mol. The van der Waals surface area contributed by atoms with Gasteiger partial charge in [-0.1, -0.05) is 18.2 Å². The molecule has 0 radical (unpaired) electrons. The van der Waals surface area contributed by atoms with Crippen LogP contribution >= 0.6 is 0 Å². The van der Waals surface area contributed by atoms with Crippen molar-refractivity contribution in [2.24, 2.45) is 0 Å². The lowest BCUT2D eigenvalue weighted by Crippen LogP contribution is -2.37. The van der Waals surface area contributed by atoms with Gasteiger partial charge in [0.05, 0.1) is 12.2 Å². The summed E-state index contributed by atoms with van der Waals surface area (Å²) in [5.74, 6) is 0.687. The number of para-hydroxylation sites is 1. The largest absolute Gasteiger partial charge is 0.492 e. The zero-order valence-electron chi connectivity index (χ0n) is 11.8. The van der Waals surface area contributed by atoms with Gasteiger partial charge in [-0.15, -0.1) is 0 Å². The summed E-state index contributed by atoms with van der Waals surface area (Å²) in [5.41, 5.74) is 2.66. The summed E-state index contributed by atoms with van der Waals surface area (Å²) < 4.78 is 5.64. The van der Waals surface area contributed by atoms with E-state index in [0.717, 1.165) is 22.7 Å². The fraction of sp³-hybridized carbons (Fsp3) is 0.333. The highest BCUT2D eigenvalue weighted by atomic mass is 16.5. The number of fused-ring (bicyclic) bond motifs is 1. The van der Waals surface area contributed by atoms with Crippen LogP contribution in [0.25, 0.3) is 0 Å². The molecule has 1 aliphatic heterocycles. The second-order valence-corrected chi connectivity index (χ2v) is 5.03. The van der Waals surface area contributed by atoms with Gasteiger partial charge in [-0.25, -0.2) is 0 Å². The standard InChI is InChI=1S/C15H18N4O2/c1-10-8-11(19-18-10)9-17-15(20)14-12-4-2-3-5-13(12)21-7-6-16-14/h2-5,8,14,16H,6-7,9H2,1H3,(H,17,20)(H,18,19). The third-order valence-corrected chi connectivity index (χ3v) is 3.40. The molecule has 6 heteroatoms. The Morgan fingerprint density at radius 3 is 3.14 bits per heavy atom. The highest BCUT2D eigenvalue weighted by molar-refractivity contribution is 5.84. The van der Waals surface area contributed by atoms with E-state index in [0.29, 0.717) is 19.7 Å². The summed E-state index contributed by atoms with van der Waals surface area (Å²) >= 11 is 0. The molecule has 0 bridgehead atoms. The van der Waals surface area contributed by atoms with E-state index in [2.05, 4.69) is 20.8 Å². The molecule has 2 aromatic rings. The lowest BCUT2D eigenvalue weighted by molar-refractivity contribution is -0.123. The minimum Gasteiger partial charge on any atom is -0.492 e. The first-order valence-electron chi connectivity index (χ1n) is 6.98. The van der Waals surface area contributed by atoms with Crippen molar-refractivity contribution in [2.75, 3.05) is 13.2 Å². The fourth-order valence-electron chi connectivity index (χ4n) is 2.40. The Balaban J connectivity index is 1.72. The molecule has 0 spiro atoms. The predicted octanol–water partition coefficient (Wildman–Crippen LogP) is 1.06. The normalized spacial score (nSPS) is 17.5. The van der Waals surface area contributed by atoms with E-state index in [4.69, 9.17) is 4.74 Å². The molecule has 0 saturated carbocycles. The minimum absolute atomic E-state index is 0.0754. The summed E-state index contributed by atoms with van der Waals surface area (Å²) in [7, 11) is 0. The zero-order chi connectivity index (χ0) is 14.7. The highest BCUT2D eigenvalue weighted by Crippen LogP contribution is 2.26. The average Bonchev–Trinajstić information content (AvgIpc) is 2.79. The molecule has 1 atom stereocenters. The smallest absolute Gasteiger partial charge is 0.242 e. The van der Waals surface area contributed by atoms with Crippen LogP contribution < -0.4 is 15.4 Å². The van der Waals surface area contributed by atoms with Gasteiger partial charge in [0.2, 0.25) is 5.91 Å². The number of amides is 1. The van der Waals surface area contributed by atoms with Crippen molar-refractivity contribution in [1.82, 2.24) is 20.8 Å². The van der Waals surface area contributed by atoms with Gasteiger partial charge >= 0.3 is 0 Å². The quantitative estimate of drug-likeness (QED) is 0.788. The molecule has 0 saturated heterocycles. The van der Waals surface area contributed by atoms with Crippen LogP contribution in [0.1, 0.15) is 23.0 Å². The second-order valence-electron chi connectivity index (χ2n) is 5.03. The monoisotopic (exact) mass is 286 g/mol. The minimum atomic E-state index is -0.399. The Labute approximate surface area is 122 Å². The van der Waals surface area contributed by atoms with Crippen LogP contribution in [0.3, 0.4) is 0 Å². The molecule has 1 aromatic carbocycles. The van der Waals surface area contributed by atoms with Gasteiger partial charge in [0.15, 0.2) is 0 Å². The van der Waals surface area contributed by atoms with Crippen molar-refractivity contribution in [3.63, 3.8) is 0 Å². The van der Waals surface area contributed by atoms with Crippen molar-refractivity contribution in [2.45, 2.75) is 19.5 Å². The van der Waals surface area contributed by atoms with Crippen LogP contribution in [-0.4, -0.2) is 29.3 Å². The maximum atomic E-state index is 12.4. The SMILES string of the molecule is Cc1cc(CNC(=O)C2NCCOc3ccccc32)n[nH]1. The van der Waals surface area contributed by atoms with Crippen molar-refractivity contribution >= 4 is 5.91 Å². The third kappa shape index (κ3) is 3.05. The van der Waals surface area contributed by atoms with Gasteiger partial charge in [0, 0.05) is 17.8 Å². The number of carbonyl (C=O) groups is 1. The highest BCUT2D eigenvalue weighted by Gasteiger charge is 2.25. The van der Waals surface area contributed by atoms with Crippen LogP contribution in [0.4, 0.5) is 0 Å². The van der Waals surface area contributed by atoms with Crippen LogP contribution in [0.5, 0.6) is 5.75 Å². The molecule has 1 amide bonds. The number of aromatic nitrogens is 2. The Bertz CT molecular complexity index is 638.